The number of para-hydroxylation sites is 1. The second-order valence-electron chi connectivity index (χ2n) is 6.03. The predicted molar refractivity (Wildman–Crippen MR) is 110 cm³/mol. The summed E-state index contributed by atoms with van der Waals surface area (Å²) >= 11 is 12.1. The van der Waals surface area contributed by atoms with Gasteiger partial charge in [-0.1, -0.05) is 66.5 Å². The number of nitrogens with one attached hydrogen (secondary N) is 2. The maximum Gasteiger partial charge on any atom is 0.238 e. The summed E-state index contributed by atoms with van der Waals surface area (Å²) in [5.41, 5.74) is 1.55. The Labute approximate surface area is 169 Å². The number of hydrogen-bond acceptors (Lipinski definition) is 3. The molecule has 0 fully saturated rings. The Hall–Kier alpha value is -2.08. The highest BCUT2D eigenvalue weighted by Gasteiger charge is 2.15. The standard InChI is InChI=1S/C20H23Cl2N3O2/c1-2-25(13-18(26)23-12-11-15-7-4-3-5-8-15)14-19(27)24-20-16(21)9-6-10-17(20)22/h3-10H,2,11-14H2,1H3,(H,23,26)(H,24,27). The number of benzene rings is 2. The molecule has 0 saturated carbocycles. The lowest BCUT2D eigenvalue weighted by Crippen LogP contribution is -2.41. The van der Waals surface area contributed by atoms with Crippen molar-refractivity contribution in [3.8, 4) is 0 Å². The van der Waals surface area contributed by atoms with Crippen LogP contribution in [0.1, 0.15) is 12.5 Å². The van der Waals surface area contributed by atoms with E-state index in [4.69, 9.17) is 23.2 Å². The minimum Gasteiger partial charge on any atom is -0.355 e. The summed E-state index contributed by atoms with van der Waals surface area (Å²) in [5.74, 6) is -0.389. The molecule has 0 heterocycles. The lowest BCUT2D eigenvalue weighted by Gasteiger charge is -2.20. The highest BCUT2D eigenvalue weighted by atomic mass is 35.5. The van der Waals surface area contributed by atoms with Crippen LogP contribution in [0.4, 0.5) is 5.69 Å². The number of rotatable bonds is 9. The lowest BCUT2D eigenvalue weighted by atomic mass is 10.1. The molecular weight excluding hydrogens is 385 g/mol. The summed E-state index contributed by atoms with van der Waals surface area (Å²) in [6.45, 7) is 3.24. The van der Waals surface area contributed by atoms with E-state index in [0.29, 0.717) is 28.8 Å². The third kappa shape index (κ3) is 7.21. The van der Waals surface area contributed by atoms with Crippen molar-refractivity contribution in [1.29, 1.82) is 0 Å². The first-order valence-electron chi connectivity index (χ1n) is 8.76. The van der Waals surface area contributed by atoms with Gasteiger partial charge in [-0.15, -0.1) is 0 Å². The van der Waals surface area contributed by atoms with Crippen molar-refractivity contribution < 1.29 is 9.59 Å². The number of carbonyl (C=O) groups is 2. The summed E-state index contributed by atoms with van der Waals surface area (Å²) < 4.78 is 0. The van der Waals surface area contributed by atoms with Crippen LogP contribution in [-0.4, -0.2) is 42.9 Å². The van der Waals surface area contributed by atoms with Crippen LogP contribution in [0.15, 0.2) is 48.5 Å². The zero-order valence-corrected chi connectivity index (χ0v) is 16.7. The normalized spacial score (nSPS) is 10.7. The van der Waals surface area contributed by atoms with Gasteiger partial charge in [-0.2, -0.15) is 0 Å². The first-order chi connectivity index (χ1) is 13.0. The molecule has 2 N–H and O–H groups in total. The second-order valence-corrected chi connectivity index (χ2v) is 6.85. The minimum atomic E-state index is -0.274. The molecule has 0 aliphatic rings. The van der Waals surface area contributed by atoms with E-state index < -0.39 is 0 Å². The van der Waals surface area contributed by atoms with Crippen LogP contribution >= 0.6 is 23.2 Å². The molecule has 0 aromatic heterocycles. The average molecular weight is 408 g/mol. The van der Waals surface area contributed by atoms with Crippen molar-refractivity contribution in [3.05, 3.63) is 64.1 Å². The maximum atomic E-state index is 12.3. The molecule has 2 amide bonds. The van der Waals surface area contributed by atoms with Gasteiger partial charge in [0.1, 0.15) is 0 Å². The second kappa shape index (κ2) is 10.9. The SMILES string of the molecule is CCN(CC(=O)NCCc1ccccc1)CC(=O)Nc1c(Cl)cccc1Cl. The van der Waals surface area contributed by atoms with E-state index in [-0.39, 0.29) is 24.9 Å². The van der Waals surface area contributed by atoms with Crippen molar-refractivity contribution in [3.63, 3.8) is 0 Å². The van der Waals surface area contributed by atoms with Crippen LogP contribution < -0.4 is 10.6 Å². The molecule has 7 heteroatoms. The van der Waals surface area contributed by atoms with Gasteiger partial charge in [0.05, 0.1) is 28.8 Å². The van der Waals surface area contributed by atoms with Gasteiger partial charge >= 0.3 is 0 Å². The predicted octanol–water partition coefficient (Wildman–Crippen LogP) is 3.61. The van der Waals surface area contributed by atoms with Gasteiger partial charge in [-0.25, -0.2) is 0 Å². The molecule has 0 spiro atoms. The third-order valence-corrected chi connectivity index (χ3v) is 4.62. The number of amides is 2. The molecule has 2 aromatic carbocycles. The van der Waals surface area contributed by atoms with E-state index in [1.165, 1.54) is 5.56 Å². The fourth-order valence-electron chi connectivity index (χ4n) is 2.53. The number of anilines is 1. The Bertz CT molecular complexity index is 749. The van der Waals surface area contributed by atoms with Gasteiger partial charge < -0.3 is 10.6 Å². The topological polar surface area (TPSA) is 61.4 Å². The fraction of sp³-hybridized carbons (Fsp3) is 0.300. The molecular formula is C20H23Cl2N3O2. The first-order valence-corrected chi connectivity index (χ1v) is 9.52. The molecule has 0 aliphatic carbocycles. The molecule has 0 bridgehead atoms. The van der Waals surface area contributed by atoms with Crippen LogP contribution in [0, 0.1) is 0 Å². The molecule has 0 atom stereocenters. The average Bonchev–Trinajstić information content (AvgIpc) is 2.65. The zero-order chi connectivity index (χ0) is 19.6. The van der Waals surface area contributed by atoms with Gasteiger partial charge in [-0.05, 0) is 30.7 Å². The maximum absolute atomic E-state index is 12.3. The van der Waals surface area contributed by atoms with Crippen molar-refractivity contribution in [1.82, 2.24) is 10.2 Å². The molecule has 0 aliphatic heterocycles. The van der Waals surface area contributed by atoms with E-state index in [1.54, 1.807) is 23.1 Å². The van der Waals surface area contributed by atoms with Crippen LogP contribution in [0.25, 0.3) is 0 Å². The fourth-order valence-corrected chi connectivity index (χ4v) is 3.02. The van der Waals surface area contributed by atoms with Crippen LogP contribution in [0.5, 0.6) is 0 Å². The Morgan fingerprint density at radius 2 is 1.56 bits per heavy atom. The van der Waals surface area contributed by atoms with Crippen molar-refractivity contribution in [2.45, 2.75) is 13.3 Å². The van der Waals surface area contributed by atoms with E-state index in [9.17, 15) is 9.59 Å². The molecule has 2 aromatic rings. The van der Waals surface area contributed by atoms with Gasteiger partial charge in [0.25, 0.3) is 0 Å². The Morgan fingerprint density at radius 3 is 2.19 bits per heavy atom. The summed E-state index contributed by atoms with van der Waals surface area (Å²) in [5, 5.41) is 6.33. The highest BCUT2D eigenvalue weighted by Crippen LogP contribution is 2.29. The van der Waals surface area contributed by atoms with Gasteiger partial charge in [0.2, 0.25) is 11.8 Å². The van der Waals surface area contributed by atoms with Crippen LogP contribution in [0.2, 0.25) is 10.0 Å². The van der Waals surface area contributed by atoms with Crippen molar-refractivity contribution >= 4 is 40.7 Å². The number of likely N-dealkylation sites (N-methyl/N-ethyl adjacent to an activating group) is 1. The monoisotopic (exact) mass is 407 g/mol. The Balaban J connectivity index is 1.78. The van der Waals surface area contributed by atoms with Crippen LogP contribution in [-0.2, 0) is 16.0 Å². The number of nitrogens with zero attached hydrogens (tertiary/aromatic N) is 1. The summed E-state index contributed by atoms with van der Waals surface area (Å²) in [4.78, 5) is 26.1. The molecule has 0 unspecified atom stereocenters. The number of hydrogen-bond donors (Lipinski definition) is 2. The van der Waals surface area contributed by atoms with E-state index in [1.807, 2.05) is 37.3 Å². The van der Waals surface area contributed by atoms with Crippen LogP contribution in [0.3, 0.4) is 0 Å². The smallest absolute Gasteiger partial charge is 0.238 e. The molecule has 0 radical (unpaired) electrons. The van der Waals surface area contributed by atoms with Crippen molar-refractivity contribution in [2.75, 3.05) is 31.5 Å². The third-order valence-electron chi connectivity index (χ3n) is 3.99. The van der Waals surface area contributed by atoms with E-state index >= 15 is 0 Å². The largest absolute Gasteiger partial charge is 0.355 e. The summed E-state index contributed by atoms with van der Waals surface area (Å²) in [6, 6.07) is 15.0. The van der Waals surface area contributed by atoms with Gasteiger partial charge in [0, 0.05) is 6.54 Å². The molecule has 27 heavy (non-hydrogen) atoms. The highest BCUT2D eigenvalue weighted by molar-refractivity contribution is 6.39. The zero-order valence-electron chi connectivity index (χ0n) is 15.2. The molecule has 2 rings (SSSR count). The minimum absolute atomic E-state index is 0.0736. The van der Waals surface area contributed by atoms with E-state index in [2.05, 4.69) is 10.6 Å². The quantitative estimate of drug-likeness (QED) is 0.667. The van der Waals surface area contributed by atoms with Gasteiger partial charge in [-0.3, -0.25) is 14.5 Å². The molecule has 0 saturated heterocycles. The molecule has 144 valence electrons. The number of halogens is 2. The van der Waals surface area contributed by atoms with Crippen molar-refractivity contribution in [2.24, 2.45) is 0 Å². The number of carbonyl (C=O) groups excluding carboxylic acids is 2. The summed E-state index contributed by atoms with van der Waals surface area (Å²) in [7, 11) is 0. The Morgan fingerprint density at radius 1 is 0.926 bits per heavy atom. The van der Waals surface area contributed by atoms with E-state index in [0.717, 1.165) is 6.42 Å². The molecule has 5 nitrogen and oxygen atoms in total. The van der Waals surface area contributed by atoms with Gasteiger partial charge in [0.15, 0.2) is 0 Å². The first kappa shape index (κ1) is 21.2. The Kier molecular flexibility index (Phi) is 8.58. The lowest BCUT2D eigenvalue weighted by molar-refractivity contribution is -0.123. The summed E-state index contributed by atoms with van der Waals surface area (Å²) in [6.07, 6.45) is 0.768.